The lowest BCUT2D eigenvalue weighted by Gasteiger charge is -2.37. The van der Waals surface area contributed by atoms with Crippen molar-refractivity contribution in [3.05, 3.63) is 23.8 Å². The second-order valence-electron chi connectivity index (χ2n) is 5.05. The minimum absolute atomic E-state index is 0.114. The normalized spacial score (nSPS) is 22.9. The Morgan fingerprint density at radius 1 is 1.40 bits per heavy atom. The number of carboxylic acids is 1. The van der Waals surface area contributed by atoms with Gasteiger partial charge in [-0.2, -0.15) is 0 Å². The summed E-state index contributed by atoms with van der Waals surface area (Å²) in [6.45, 7) is 7.53. The number of benzene rings is 1. The molecule has 2 rings (SSSR count). The van der Waals surface area contributed by atoms with E-state index in [4.69, 9.17) is 4.74 Å². The lowest BCUT2D eigenvalue weighted by atomic mass is 10.1. The number of hydrogen-bond acceptors (Lipinski definition) is 4. The molecule has 1 N–H and O–H groups in total. The highest BCUT2D eigenvalue weighted by atomic mass is 32.2. The van der Waals surface area contributed by atoms with Crippen LogP contribution < -0.4 is 4.90 Å². The first kappa shape index (κ1) is 15.2. The number of carboxylic acid groups (broad SMARTS) is 1. The van der Waals surface area contributed by atoms with Gasteiger partial charge in [-0.1, -0.05) is 13.0 Å². The van der Waals surface area contributed by atoms with Crippen LogP contribution in [-0.2, 0) is 4.74 Å². The van der Waals surface area contributed by atoms with Crippen molar-refractivity contribution in [2.75, 3.05) is 23.7 Å². The molecule has 2 atom stereocenters. The van der Waals surface area contributed by atoms with Crippen LogP contribution in [0.3, 0.4) is 0 Å². The molecule has 110 valence electrons. The molecule has 5 heteroatoms. The molecule has 1 aromatic carbocycles. The molecule has 20 heavy (non-hydrogen) atoms. The SMILES string of the molecule is CCSc1cccc(N2CC(C)OC(C)C2)c1C(=O)O. The minimum atomic E-state index is -0.858. The van der Waals surface area contributed by atoms with Crippen LogP contribution >= 0.6 is 11.8 Å². The summed E-state index contributed by atoms with van der Waals surface area (Å²) in [7, 11) is 0. The van der Waals surface area contributed by atoms with Crippen molar-refractivity contribution in [1.29, 1.82) is 0 Å². The number of ether oxygens (including phenoxy) is 1. The van der Waals surface area contributed by atoms with Crippen LogP contribution in [0.25, 0.3) is 0 Å². The van der Waals surface area contributed by atoms with Gasteiger partial charge in [0.05, 0.1) is 23.5 Å². The largest absolute Gasteiger partial charge is 0.478 e. The molecule has 0 aliphatic carbocycles. The quantitative estimate of drug-likeness (QED) is 0.865. The van der Waals surface area contributed by atoms with Gasteiger partial charge in [-0.25, -0.2) is 4.79 Å². The van der Waals surface area contributed by atoms with Crippen LogP contribution in [0.1, 0.15) is 31.1 Å². The van der Waals surface area contributed by atoms with Gasteiger partial charge in [0.25, 0.3) is 0 Å². The van der Waals surface area contributed by atoms with Gasteiger partial charge < -0.3 is 14.7 Å². The van der Waals surface area contributed by atoms with Crippen LogP contribution in [-0.4, -0.2) is 42.1 Å². The molecule has 0 amide bonds. The van der Waals surface area contributed by atoms with E-state index in [1.165, 1.54) is 0 Å². The molecule has 1 saturated heterocycles. The molecule has 0 aromatic heterocycles. The number of aromatic carboxylic acids is 1. The van der Waals surface area contributed by atoms with E-state index >= 15 is 0 Å². The average Bonchev–Trinajstić information content (AvgIpc) is 2.37. The predicted octanol–water partition coefficient (Wildman–Crippen LogP) is 3.11. The Hall–Kier alpha value is -1.20. The fourth-order valence-electron chi connectivity index (χ4n) is 2.65. The van der Waals surface area contributed by atoms with Crippen LogP contribution in [0.5, 0.6) is 0 Å². The molecule has 0 spiro atoms. The van der Waals surface area contributed by atoms with Gasteiger partial charge in [0.15, 0.2) is 0 Å². The summed E-state index contributed by atoms with van der Waals surface area (Å²) in [5.41, 5.74) is 1.22. The molecule has 2 unspecified atom stereocenters. The van der Waals surface area contributed by atoms with Crippen LogP contribution in [0.15, 0.2) is 23.1 Å². The van der Waals surface area contributed by atoms with Crippen molar-refractivity contribution in [2.45, 2.75) is 37.9 Å². The molecular weight excluding hydrogens is 274 g/mol. The van der Waals surface area contributed by atoms with Crippen molar-refractivity contribution in [3.8, 4) is 0 Å². The summed E-state index contributed by atoms with van der Waals surface area (Å²) in [6, 6.07) is 5.72. The molecular formula is C15H21NO3S. The zero-order valence-corrected chi connectivity index (χ0v) is 12.9. The highest BCUT2D eigenvalue weighted by molar-refractivity contribution is 7.99. The number of anilines is 1. The smallest absolute Gasteiger partial charge is 0.338 e. The highest BCUT2D eigenvalue weighted by Gasteiger charge is 2.26. The molecule has 1 aliphatic heterocycles. The van der Waals surface area contributed by atoms with Crippen molar-refractivity contribution in [2.24, 2.45) is 0 Å². The van der Waals surface area contributed by atoms with Crippen molar-refractivity contribution in [1.82, 2.24) is 0 Å². The first-order valence-electron chi connectivity index (χ1n) is 6.92. The summed E-state index contributed by atoms with van der Waals surface area (Å²) in [4.78, 5) is 14.6. The molecule has 4 nitrogen and oxygen atoms in total. The van der Waals surface area contributed by atoms with Gasteiger partial charge in [-0.05, 0) is 31.7 Å². The Morgan fingerprint density at radius 3 is 2.60 bits per heavy atom. The van der Waals surface area contributed by atoms with E-state index in [2.05, 4.69) is 4.90 Å². The lowest BCUT2D eigenvalue weighted by molar-refractivity contribution is -0.00533. The molecule has 1 fully saturated rings. The third-order valence-corrected chi connectivity index (χ3v) is 4.22. The number of thioether (sulfide) groups is 1. The van der Waals surface area contributed by atoms with Gasteiger partial charge in [0.2, 0.25) is 0 Å². The van der Waals surface area contributed by atoms with E-state index in [-0.39, 0.29) is 12.2 Å². The molecule has 1 aliphatic rings. The summed E-state index contributed by atoms with van der Waals surface area (Å²) in [5.74, 6) is 0.00275. The highest BCUT2D eigenvalue weighted by Crippen LogP contribution is 2.32. The van der Waals surface area contributed by atoms with E-state index in [0.29, 0.717) is 5.56 Å². The monoisotopic (exact) mass is 295 g/mol. The lowest BCUT2D eigenvalue weighted by Crippen LogP contribution is -2.46. The summed E-state index contributed by atoms with van der Waals surface area (Å²) in [6.07, 6.45) is 0.228. The standard InChI is InChI=1S/C15H21NO3S/c1-4-20-13-7-5-6-12(14(13)15(17)18)16-8-10(2)19-11(3)9-16/h5-7,10-11H,4,8-9H2,1-3H3,(H,17,18). The summed E-state index contributed by atoms with van der Waals surface area (Å²) in [5, 5.41) is 9.56. The second kappa shape index (κ2) is 6.50. The number of rotatable bonds is 4. The number of carbonyl (C=O) groups is 1. The first-order valence-corrected chi connectivity index (χ1v) is 7.91. The van der Waals surface area contributed by atoms with E-state index in [1.54, 1.807) is 11.8 Å². The Balaban J connectivity index is 2.39. The summed E-state index contributed by atoms with van der Waals surface area (Å²) < 4.78 is 5.72. The van der Waals surface area contributed by atoms with Gasteiger partial charge >= 0.3 is 5.97 Å². The maximum absolute atomic E-state index is 11.7. The topological polar surface area (TPSA) is 49.8 Å². The fourth-order valence-corrected chi connectivity index (χ4v) is 3.47. The van der Waals surface area contributed by atoms with E-state index < -0.39 is 5.97 Å². The molecule has 1 heterocycles. The van der Waals surface area contributed by atoms with Crippen LogP contribution in [0, 0.1) is 0 Å². The van der Waals surface area contributed by atoms with E-state index in [9.17, 15) is 9.90 Å². The zero-order chi connectivity index (χ0) is 14.7. The van der Waals surface area contributed by atoms with Crippen molar-refractivity contribution >= 4 is 23.4 Å². The number of nitrogens with zero attached hydrogens (tertiary/aromatic N) is 1. The Morgan fingerprint density at radius 2 is 2.05 bits per heavy atom. The van der Waals surface area contributed by atoms with Gasteiger partial charge in [-0.3, -0.25) is 0 Å². The molecule has 1 aromatic rings. The minimum Gasteiger partial charge on any atom is -0.478 e. The number of hydrogen-bond donors (Lipinski definition) is 1. The Bertz CT molecular complexity index is 482. The van der Waals surface area contributed by atoms with Crippen molar-refractivity contribution in [3.63, 3.8) is 0 Å². The Kier molecular flexibility index (Phi) is 4.94. The van der Waals surface area contributed by atoms with E-state index in [1.807, 2.05) is 39.0 Å². The molecule has 0 radical (unpaired) electrons. The maximum Gasteiger partial charge on any atom is 0.338 e. The van der Waals surface area contributed by atoms with Crippen LogP contribution in [0.2, 0.25) is 0 Å². The third-order valence-electron chi connectivity index (χ3n) is 3.28. The van der Waals surface area contributed by atoms with Gasteiger partial charge in [0, 0.05) is 18.0 Å². The Labute approximate surface area is 124 Å². The first-order chi connectivity index (χ1) is 9.52. The predicted molar refractivity (Wildman–Crippen MR) is 82.0 cm³/mol. The summed E-state index contributed by atoms with van der Waals surface area (Å²) >= 11 is 1.57. The van der Waals surface area contributed by atoms with Crippen molar-refractivity contribution < 1.29 is 14.6 Å². The molecule has 0 saturated carbocycles. The van der Waals surface area contributed by atoms with Gasteiger partial charge in [-0.15, -0.1) is 11.8 Å². The maximum atomic E-state index is 11.7. The average molecular weight is 295 g/mol. The van der Waals surface area contributed by atoms with Crippen LogP contribution in [0.4, 0.5) is 5.69 Å². The molecule has 0 bridgehead atoms. The zero-order valence-electron chi connectivity index (χ0n) is 12.1. The number of morpholine rings is 1. The second-order valence-corrected chi connectivity index (χ2v) is 6.36. The van der Waals surface area contributed by atoms with Gasteiger partial charge in [0.1, 0.15) is 0 Å². The third kappa shape index (κ3) is 3.27. The fraction of sp³-hybridized carbons (Fsp3) is 0.533. The van der Waals surface area contributed by atoms with E-state index in [0.717, 1.165) is 29.4 Å².